The van der Waals surface area contributed by atoms with E-state index in [2.05, 4.69) is 15.4 Å². The molecule has 0 unspecified atom stereocenters. The number of hydrazone groups is 1. The van der Waals surface area contributed by atoms with Crippen LogP contribution in [-0.2, 0) is 12.8 Å². The molecule has 0 fully saturated rings. The van der Waals surface area contributed by atoms with E-state index in [1.165, 1.54) is 29.6 Å². The van der Waals surface area contributed by atoms with Crippen LogP contribution in [0.3, 0.4) is 0 Å². The lowest BCUT2D eigenvalue weighted by atomic mass is 9.89. The zero-order valence-corrected chi connectivity index (χ0v) is 14.4. The van der Waals surface area contributed by atoms with E-state index in [1.54, 1.807) is 12.1 Å². The molecule has 0 atom stereocenters. The largest absolute Gasteiger partial charge is 0.507 e. The maximum absolute atomic E-state index is 12.1. The molecule has 2 aliphatic rings. The summed E-state index contributed by atoms with van der Waals surface area (Å²) in [4.78, 5) is 14.5. The van der Waals surface area contributed by atoms with E-state index in [0.717, 1.165) is 44.3 Å². The summed E-state index contributed by atoms with van der Waals surface area (Å²) < 4.78 is 0. The Labute approximate surface area is 151 Å². The summed E-state index contributed by atoms with van der Waals surface area (Å²) in [6.45, 7) is 2.09. The van der Waals surface area contributed by atoms with Crippen LogP contribution in [0.4, 0.5) is 5.69 Å². The molecule has 0 saturated carbocycles. The number of amides is 1. The summed E-state index contributed by atoms with van der Waals surface area (Å²) in [7, 11) is 0. The van der Waals surface area contributed by atoms with Crippen molar-refractivity contribution < 1.29 is 15.0 Å². The normalized spacial score (nSPS) is 15.8. The average Bonchev–Trinajstić information content (AvgIpc) is 2.66. The van der Waals surface area contributed by atoms with E-state index >= 15 is 0 Å². The van der Waals surface area contributed by atoms with Gasteiger partial charge in [-0.15, -0.1) is 0 Å². The van der Waals surface area contributed by atoms with Gasteiger partial charge in [0.25, 0.3) is 5.91 Å². The molecule has 6 heteroatoms. The topological polar surface area (TPSA) is 85.2 Å². The number of nitrogens with one attached hydrogen (secondary N) is 1. The van der Waals surface area contributed by atoms with E-state index in [0.29, 0.717) is 5.56 Å². The Morgan fingerprint density at radius 3 is 2.73 bits per heavy atom. The zero-order valence-electron chi connectivity index (χ0n) is 14.4. The Kier molecular flexibility index (Phi) is 4.24. The van der Waals surface area contributed by atoms with Crippen molar-refractivity contribution in [2.75, 3.05) is 18.0 Å². The molecule has 4 rings (SSSR count). The Morgan fingerprint density at radius 1 is 1.15 bits per heavy atom. The van der Waals surface area contributed by atoms with Gasteiger partial charge in [0.2, 0.25) is 0 Å². The van der Waals surface area contributed by atoms with Gasteiger partial charge in [0.15, 0.2) is 0 Å². The smallest absolute Gasteiger partial charge is 0.275 e. The number of para-hydroxylation sites is 1. The molecule has 26 heavy (non-hydrogen) atoms. The van der Waals surface area contributed by atoms with Crippen LogP contribution in [0.2, 0.25) is 0 Å². The van der Waals surface area contributed by atoms with E-state index in [1.807, 2.05) is 6.07 Å². The molecular weight excluding hydrogens is 330 g/mol. The third-order valence-corrected chi connectivity index (χ3v) is 5.04. The summed E-state index contributed by atoms with van der Waals surface area (Å²) in [5.74, 6) is -0.346. The third kappa shape index (κ3) is 2.87. The molecule has 0 bridgehead atoms. The summed E-state index contributed by atoms with van der Waals surface area (Å²) in [5, 5.41) is 24.3. The molecule has 0 saturated heterocycles. The van der Waals surface area contributed by atoms with Gasteiger partial charge in [-0.3, -0.25) is 4.79 Å². The van der Waals surface area contributed by atoms with Gasteiger partial charge in [0.1, 0.15) is 11.5 Å². The average molecular weight is 351 g/mol. The minimum Gasteiger partial charge on any atom is -0.507 e. The van der Waals surface area contributed by atoms with E-state index in [-0.39, 0.29) is 17.1 Å². The molecule has 0 aliphatic carbocycles. The van der Waals surface area contributed by atoms with Crippen molar-refractivity contribution in [3.8, 4) is 11.5 Å². The summed E-state index contributed by atoms with van der Waals surface area (Å²) in [5.41, 5.74) is 6.59. The first kappa shape index (κ1) is 16.4. The van der Waals surface area contributed by atoms with E-state index in [4.69, 9.17) is 0 Å². The third-order valence-electron chi connectivity index (χ3n) is 5.04. The number of nitrogens with zero attached hydrogens (tertiary/aromatic N) is 2. The number of aryl methyl sites for hydroxylation is 1. The molecule has 2 aromatic carbocycles. The second-order valence-corrected chi connectivity index (χ2v) is 6.71. The van der Waals surface area contributed by atoms with Gasteiger partial charge in [-0.1, -0.05) is 12.1 Å². The maximum atomic E-state index is 12.1. The SMILES string of the molecule is O=C(N/N=C/c1cc2c3c(c1O)CCCN3CCC2)c1ccccc1O. The molecule has 2 heterocycles. The second kappa shape index (κ2) is 6.71. The molecule has 6 nitrogen and oxygen atoms in total. The molecular formula is C20H21N3O3. The maximum Gasteiger partial charge on any atom is 0.275 e. The number of benzene rings is 2. The van der Waals surface area contributed by atoms with Crippen LogP contribution in [0, 0.1) is 0 Å². The molecule has 0 spiro atoms. The van der Waals surface area contributed by atoms with Crippen molar-refractivity contribution in [2.45, 2.75) is 25.7 Å². The van der Waals surface area contributed by atoms with Crippen molar-refractivity contribution in [1.29, 1.82) is 0 Å². The van der Waals surface area contributed by atoms with Gasteiger partial charge >= 0.3 is 0 Å². The van der Waals surface area contributed by atoms with Gasteiger partial charge in [0, 0.05) is 29.9 Å². The highest BCUT2D eigenvalue weighted by atomic mass is 16.3. The lowest BCUT2D eigenvalue weighted by molar-refractivity contribution is 0.0952. The van der Waals surface area contributed by atoms with Gasteiger partial charge < -0.3 is 15.1 Å². The second-order valence-electron chi connectivity index (χ2n) is 6.71. The predicted octanol–water partition coefficient (Wildman–Crippen LogP) is 2.56. The quantitative estimate of drug-likeness (QED) is 0.586. The summed E-state index contributed by atoms with van der Waals surface area (Å²) >= 11 is 0. The summed E-state index contributed by atoms with van der Waals surface area (Å²) in [6.07, 6.45) is 5.46. The number of carbonyl (C=O) groups excluding carboxylic acids is 1. The van der Waals surface area contributed by atoms with Crippen LogP contribution < -0.4 is 10.3 Å². The highest BCUT2D eigenvalue weighted by Crippen LogP contribution is 2.41. The van der Waals surface area contributed by atoms with Crippen LogP contribution in [-0.4, -0.2) is 35.4 Å². The van der Waals surface area contributed by atoms with Crippen LogP contribution in [0.15, 0.2) is 35.4 Å². The first-order valence-corrected chi connectivity index (χ1v) is 8.89. The van der Waals surface area contributed by atoms with Crippen molar-refractivity contribution >= 4 is 17.8 Å². The van der Waals surface area contributed by atoms with Crippen molar-refractivity contribution in [1.82, 2.24) is 5.43 Å². The Bertz CT molecular complexity index is 890. The van der Waals surface area contributed by atoms with Gasteiger partial charge in [-0.25, -0.2) is 5.43 Å². The molecule has 2 aromatic rings. The van der Waals surface area contributed by atoms with Crippen molar-refractivity contribution in [3.05, 3.63) is 52.6 Å². The van der Waals surface area contributed by atoms with Crippen LogP contribution in [0.5, 0.6) is 11.5 Å². The van der Waals surface area contributed by atoms with Crippen LogP contribution in [0.1, 0.15) is 39.9 Å². The predicted molar refractivity (Wildman–Crippen MR) is 100 cm³/mol. The number of phenols is 2. The number of carbonyl (C=O) groups is 1. The number of hydrogen-bond donors (Lipinski definition) is 3. The minimum absolute atomic E-state index is 0.0960. The number of rotatable bonds is 3. The number of aromatic hydroxyl groups is 2. The summed E-state index contributed by atoms with van der Waals surface area (Å²) in [6, 6.07) is 8.25. The van der Waals surface area contributed by atoms with Gasteiger partial charge in [-0.2, -0.15) is 5.10 Å². The van der Waals surface area contributed by atoms with Crippen LogP contribution >= 0.6 is 0 Å². The highest BCUT2D eigenvalue weighted by Gasteiger charge is 2.27. The number of phenolic OH excluding ortho intramolecular Hbond substituents is 2. The fourth-order valence-electron chi connectivity index (χ4n) is 3.85. The molecule has 0 radical (unpaired) electrons. The monoisotopic (exact) mass is 351 g/mol. The standard InChI is InChI=1S/C20H21N3O3/c24-17-8-2-1-6-15(17)20(26)22-21-12-14-11-13-5-3-9-23-10-4-7-16(18(13)23)19(14)25/h1-2,6,8,11-12,24-25H,3-5,7,9-10H2,(H,22,26)/b21-12+. The molecule has 1 amide bonds. The van der Waals surface area contributed by atoms with Gasteiger partial charge in [-0.05, 0) is 49.4 Å². The fourth-order valence-corrected chi connectivity index (χ4v) is 3.85. The fraction of sp³-hybridized carbons (Fsp3) is 0.300. The van der Waals surface area contributed by atoms with E-state index < -0.39 is 5.91 Å². The highest BCUT2D eigenvalue weighted by molar-refractivity contribution is 5.97. The Balaban J connectivity index is 1.58. The Hall–Kier alpha value is -3.02. The first-order valence-electron chi connectivity index (χ1n) is 8.89. The molecule has 134 valence electrons. The number of anilines is 1. The minimum atomic E-state index is -0.496. The number of hydrogen-bond acceptors (Lipinski definition) is 5. The molecule has 3 N–H and O–H groups in total. The zero-order chi connectivity index (χ0) is 18.1. The van der Waals surface area contributed by atoms with Crippen molar-refractivity contribution in [2.24, 2.45) is 5.10 Å². The lowest BCUT2D eigenvalue weighted by Gasteiger charge is -2.37. The van der Waals surface area contributed by atoms with Gasteiger partial charge in [0.05, 0.1) is 11.8 Å². The first-order chi connectivity index (χ1) is 12.6. The molecule has 2 aliphatic heterocycles. The lowest BCUT2D eigenvalue weighted by Crippen LogP contribution is -2.34. The van der Waals surface area contributed by atoms with Crippen LogP contribution in [0.25, 0.3) is 0 Å². The molecule has 0 aromatic heterocycles. The van der Waals surface area contributed by atoms with E-state index in [9.17, 15) is 15.0 Å². The Morgan fingerprint density at radius 2 is 1.92 bits per heavy atom. The van der Waals surface area contributed by atoms with Crippen molar-refractivity contribution in [3.63, 3.8) is 0 Å².